The molecule has 3 rings (SSSR count). The smallest absolute Gasteiger partial charge is 0.291 e. The second-order valence-electron chi connectivity index (χ2n) is 7.61. The van der Waals surface area contributed by atoms with Gasteiger partial charge >= 0.3 is 0 Å². The Morgan fingerprint density at radius 2 is 1.89 bits per heavy atom. The Balaban J connectivity index is 1.84. The summed E-state index contributed by atoms with van der Waals surface area (Å²) in [4.78, 5) is 28.7. The molecule has 1 aliphatic carbocycles. The Hall–Kier alpha value is -2.76. The molecule has 2 aromatic rings. The van der Waals surface area contributed by atoms with Crippen LogP contribution in [0.5, 0.6) is 0 Å². The molecule has 2 amide bonds. The minimum absolute atomic E-state index is 0.0987. The van der Waals surface area contributed by atoms with Crippen LogP contribution in [-0.4, -0.2) is 36.9 Å². The molecule has 0 saturated heterocycles. The van der Waals surface area contributed by atoms with Crippen LogP contribution in [0.4, 0.5) is 11.4 Å². The van der Waals surface area contributed by atoms with Crippen molar-refractivity contribution < 1.29 is 14.0 Å². The molecule has 1 heterocycles. The highest BCUT2D eigenvalue weighted by Gasteiger charge is 2.24. The lowest BCUT2D eigenvalue weighted by Crippen LogP contribution is -2.39. The van der Waals surface area contributed by atoms with Gasteiger partial charge in [-0.05, 0) is 48.7 Å². The maximum absolute atomic E-state index is 12.4. The lowest BCUT2D eigenvalue weighted by atomic mass is 9.93. The van der Waals surface area contributed by atoms with Gasteiger partial charge in [-0.1, -0.05) is 19.3 Å². The van der Waals surface area contributed by atoms with Crippen LogP contribution in [0.2, 0.25) is 0 Å². The first-order valence-corrected chi connectivity index (χ1v) is 9.88. The quantitative estimate of drug-likeness (QED) is 0.809. The van der Waals surface area contributed by atoms with Crippen LogP contribution in [0.25, 0.3) is 0 Å². The Morgan fingerprint density at radius 3 is 2.50 bits per heavy atom. The molecule has 1 fully saturated rings. The van der Waals surface area contributed by atoms with Gasteiger partial charge in [0.2, 0.25) is 5.91 Å². The number of nitrogens with zero attached hydrogens (tertiary/aromatic N) is 2. The molecule has 0 spiro atoms. The second-order valence-corrected chi connectivity index (χ2v) is 7.61. The van der Waals surface area contributed by atoms with Crippen molar-refractivity contribution >= 4 is 23.2 Å². The van der Waals surface area contributed by atoms with Crippen molar-refractivity contribution in [2.24, 2.45) is 0 Å². The normalized spacial score (nSPS) is 14.5. The van der Waals surface area contributed by atoms with Crippen LogP contribution < -0.4 is 10.2 Å². The molecule has 0 aliphatic heterocycles. The zero-order valence-corrected chi connectivity index (χ0v) is 16.9. The number of hydrogen-bond donors (Lipinski definition) is 1. The van der Waals surface area contributed by atoms with E-state index in [9.17, 15) is 9.59 Å². The van der Waals surface area contributed by atoms with Crippen LogP contribution in [0.3, 0.4) is 0 Å². The molecule has 0 radical (unpaired) electrons. The second kappa shape index (κ2) is 8.95. The summed E-state index contributed by atoms with van der Waals surface area (Å²) in [6, 6.07) is 9.41. The van der Waals surface area contributed by atoms with Crippen molar-refractivity contribution in [2.75, 3.05) is 24.3 Å². The van der Waals surface area contributed by atoms with Gasteiger partial charge in [-0.2, -0.15) is 0 Å². The molecule has 0 bridgehead atoms. The number of benzene rings is 1. The van der Waals surface area contributed by atoms with Crippen molar-refractivity contribution in [3.05, 3.63) is 47.9 Å². The number of nitrogens with one attached hydrogen (secondary N) is 1. The third-order valence-electron chi connectivity index (χ3n) is 5.32. The van der Waals surface area contributed by atoms with E-state index in [1.54, 1.807) is 19.1 Å². The van der Waals surface area contributed by atoms with Crippen LogP contribution in [0.15, 0.2) is 41.0 Å². The van der Waals surface area contributed by atoms with Gasteiger partial charge in [0.05, 0.1) is 6.26 Å². The fourth-order valence-corrected chi connectivity index (χ4v) is 3.90. The van der Waals surface area contributed by atoms with Gasteiger partial charge in [0.1, 0.15) is 0 Å². The molecule has 1 aromatic carbocycles. The van der Waals surface area contributed by atoms with Gasteiger partial charge in [-0.3, -0.25) is 9.59 Å². The molecule has 1 saturated carbocycles. The summed E-state index contributed by atoms with van der Waals surface area (Å²) in [5.41, 5.74) is 2.75. The monoisotopic (exact) mass is 383 g/mol. The molecule has 0 unspecified atom stereocenters. The summed E-state index contributed by atoms with van der Waals surface area (Å²) in [5, 5.41) is 2.88. The highest BCUT2D eigenvalue weighted by Crippen LogP contribution is 2.29. The molecule has 1 N–H and O–H groups in total. The minimum Gasteiger partial charge on any atom is -0.459 e. The van der Waals surface area contributed by atoms with E-state index >= 15 is 0 Å². The van der Waals surface area contributed by atoms with E-state index < -0.39 is 0 Å². The van der Waals surface area contributed by atoms with Crippen LogP contribution in [-0.2, 0) is 11.3 Å². The number of anilines is 2. The van der Waals surface area contributed by atoms with E-state index in [4.69, 9.17) is 4.42 Å². The summed E-state index contributed by atoms with van der Waals surface area (Å²) in [6.45, 7) is 2.18. The third kappa shape index (κ3) is 4.74. The van der Waals surface area contributed by atoms with Crippen molar-refractivity contribution in [3.8, 4) is 0 Å². The molecule has 1 aromatic heterocycles. The van der Waals surface area contributed by atoms with Gasteiger partial charge in [-0.15, -0.1) is 0 Å². The fourth-order valence-electron chi connectivity index (χ4n) is 3.90. The van der Waals surface area contributed by atoms with Crippen molar-refractivity contribution in [1.82, 2.24) is 4.90 Å². The Morgan fingerprint density at radius 1 is 1.14 bits per heavy atom. The number of hydrogen-bond acceptors (Lipinski definition) is 4. The summed E-state index contributed by atoms with van der Waals surface area (Å²) in [6.07, 6.45) is 7.20. The van der Waals surface area contributed by atoms with Gasteiger partial charge in [-0.25, -0.2) is 0 Å². The summed E-state index contributed by atoms with van der Waals surface area (Å²) in [5.74, 6) is 0.0803. The molecular weight excluding hydrogens is 354 g/mol. The molecule has 0 atom stereocenters. The number of carbonyl (C=O) groups is 2. The van der Waals surface area contributed by atoms with E-state index in [1.807, 2.05) is 42.1 Å². The highest BCUT2D eigenvalue weighted by atomic mass is 16.3. The third-order valence-corrected chi connectivity index (χ3v) is 5.32. The van der Waals surface area contributed by atoms with Gasteiger partial charge in [0, 0.05) is 45.0 Å². The Bertz CT molecular complexity index is 808. The molecule has 6 heteroatoms. The predicted molar refractivity (Wildman–Crippen MR) is 111 cm³/mol. The van der Waals surface area contributed by atoms with E-state index in [0.717, 1.165) is 24.1 Å². The minimum atomic E-state index is -0.288. The molecule has 28 heavy (non-hydrogen) atoms. The van der Waals surface area contributed by atoms with Crippen LogP contribution in [0, 0.1) is 0 Å². The van der Waals surface area contributed by atoms with Gasteiger partial charge in [0.25, 0.3) is 5.91 Å². The standard InChI is InChI=1S/C22H29N3O3/c1-16(26)25(19-8-5-4-6-9-19)15-17-14-18(11-12-20(17)24(2)3)23-22(27)21-10-7-13-28-21/h7,10-14,19H,4-6,8-9,15H2,1-3H3,(H,23,27). The first-order chi connectivity index (χ1) is 13.5. The summed E-state index contributed by atoms with van der Waals surface area (Å²) in [7, 11) is 3.97. The van der Waals surface area contributed by atoms with Crippen LogP contribution >= 0.6 is 0 Å². The van der Waals surface area contributed by atoms with E-state index in [1.165, 1.54) is 25.5 Å². The maximum Gasteiger partial charge on any atom is 0.291 e. The van der Waals surface area contributed by atoms with Crippen molar-refractivity contribution in [1.29, 1.82) is 0 Å². The topological polar surface area (TPSA) is 65.8 Å². The van der Waals surface area contributed by atoms with E-state index in [0.29, 0.717) is 18.3 Å². The highest BCUT2D eigenvalue weighted by molar-refractivity contribution is 6.02. The van der Waals surface area contributed by atoms with Crippen LogP contribution in [0.1, 0.15) is 55.1 Å². The lowest BCUT2D eigenvalue weighted by Gasteiger charge is -2.34. The molecule has 1 aliphatic rings. The van der Waals surface area contributed by atoms with Crippen molar-refractivity contribution in [3.63, 3.8) is 0 Å². The summed E-state index contributed by atoms with van der Waals surface area (Å²) >= 11 is 0. The largest absolute Gasteiger partial charge is 0.459 e. The van der Waals surface area contributed by atoms with E-state index in [2.05, 4.69) is 5.32 Å². The first kappa shape index (κ1) is 20.0. The number of carbonyl (C=O) groups excluding carboxylic acids is 2. The molecule has 150 valence electrons. The average Bonchev–Trinajstić information content (AvgIpc) is 3.21. The predicted octanol–water partition coefficient (Wildman–Crippen LogP) is 4.28. The van der Waals surface area contributed by atoms with E-state index in [-0.39, 0.29) is 17.6 Å². The molecular formula is C22H29N3O3. The Kier molecular flexibility index (Phi) is 6.39. The average molecular weight is 383 g/mol. The van der Waals surface area contributed by atoms with Gasteiger partial charge in [0.15, 0.2) is 5.76 Å². The number of furan rings is 1. The maximum atomic E-state index is 12.4. The van der Waals surface area contributed by atoms with Gasteiger partial charge < -0.3 is 19.5 Å². The SMILES string of the molecule is CC(=O)N(Cc1cc(NC(=O)c2ccco2)ccc1N(C)C)C1CCCCC1. The lowest BCUT2D eigenvalue weighted by molar-refractivity contribution is -0.132. The number of rotatable bonds is 6. The molecule has 6 nitrogen and oxygen atoms in total. The number of amides is 2. The fraction of sp³-hybridized carbons (Fsp3) is 0.455. The summed E-state index contributed by atoms with van der Waals surface area (Å²) < 4.78 is 5.16. The Labute approximate surface area is 166 Å². The van der Waals surface area contributed by atoms with Crippen molar-refractivity contribution in [2.45, 2.75) is 51.6 Å². The zero-order chi connectivity index (χ0) is 20.1. The first-order valence-electron chi connectivity index (χ1n) is 9.88. The zero-order valence-electron chi connectivity index (χ0n) is 16.9.